The fourth-order valence-electron chi connectivity index (χ4n) is 4.62. The van der Waals surface area contributed by atoms with E-state index in [1.165, 1.54) is 38.3 Å². The zero-order valence-electron chi connectivity index (χ0n) is 19.7. The topological polar surface area (TPSA) is 30.5 Å². The monoisotopic (exact) mass is 528 g/mol. The van der Waals surface area contributed by atoms with Crippen LogP contribution in [0.3, 0.4) is 0 Å². The Labute approximate surface area is 213 Å². The van der Waals surface area contributed by atoms with Crippen molar-refractivity contribution in [1.82, 2.24) is 0 Å². The number of hydrogen-bond acceptors (Lipinski definition) is 3. The number of rotatable bonds is 5. The molecule has 2 aliphatic rings. The van der Waals surface area contributed by atoms with Crippen LogP contribution in [0.5, 0.6) is 5.75 Å². The molecule has 0 fully saturated rings. The van der Waals surface area contributed by atoms with Crippen molar-refractivity contribution in [2.24, 2.45) is 0 Å². The molecule has 2 unspecified atom stereocenters. The standard InChI is InChI=1S/C23H32NO2Si2.2ClH.Ti/c1-9-25-28(8)21-17-14-15-12-10-11-13-16(15)18(17)20(26-27(5,6)7)19(22(21)28)24-23(2,3)4;;;/h10-14,24H,9H2,1-8H3;2*1H;/q;;;+2/p-2. The minimum atomic E-state index is -2.06. The van der Waals surface area contributed by atoms with Gasteiger partial charge in [0.05, 0.1) is 0 Å². The first-order valence-corrected chi connectivity index (χ1v) is 17.3. The Balaban J connectivity index is 0.00000171. The molecule has 167 valence electrons. The molecule has 1 aliphatic heterocycles. The van der Waals surface area contributed by atoms with Gasteiger partial charge in [-0.05, 0) is 0 Å². The maximum Gasteiger partial charge on any atom is -1.00 e. The van der Waals surface area contributed by atoms with Crippen LogP contribution in [0.15, 0.2) is 24.3 Å². The number of nitrogens with one attached hydrogen (secondary N) is 1. The van der Waals surface area contributed by atoms with Crippen molar-refractivity contribution >= 4 is 32.7 Å². The third kappa shape index (κ3) is 4.57. The Morgan fingerprint density at radius 3 is 2.26 bits per heavy atom. The van der Waals surface area contributed by atoms with E-state index in [4.69, 9.17) is 8.85 Å². The van der Waals surface area contributed by atoms with Crippen LogP contribution in [0.4, 0.5) is 5.69 Å². The fourth-order valence-corrected chi connectivity index (χ4v) is 10.3. The summed E-state index contributed by atoms with van der Waals surface area (Å²) in [5.74, 6) is 1.07. The van der Waals surface area contributed by atoms with Crippen LogP contribution in [0.2, 0.25) is 26.2 Å². The molecule has 0 spiro atoms. The van der Waals surface area contributed by atoms with Gasteiger partial charge in [0, 0.05) is 0 Å². The number of benzene rings is 2. The maximum atomic E-state index is 6.86. The number of anilines is 1. The zero-order valence-corrected chi connectivity index (χ0v) is 24.7. The largest absolute Gasteiger partial charge is 1.00 e. The van der Waals surface area contributed by atoms with E-state index >= 15 is 0 Å². The van der Waals surface area contributed by atoms with Crippen LogP contribution in [0, 0.1) is 0 Å². The van der Waals surface area contributed by atoms with Gasteiger partial charge in [0.15, 0.2) is 0 Å². The Morgan fingerprint density at radius 2 is 1.71 bits per heavy atom. The Morgan fingerprint density at radius 1 is 1.10 bits per heavy atom. The van der Waals surface area contributed by atoms with Gasteiger partial charge in [0.1, 0.15) is 0 Å². The molecule has 1 N–H and O–H groups in total. The van der Waals surface area contributed by atoms with Crippen LogP contribution in [0.1, 0.15) is 43.0 Å². The summed E-state index contributed by atoms with van der Waals surface area (Å²) in [6, 6.07) is 8.86. The molecule has 1 aliphatic carbocycles. The van der Waals surface area contributed by atoms with Gasteiger partial charge in [0.2, 0.25) is 0 Å². The third-order valence-electron chi connectivity index (χ3n) is 5.56. The first-order valence-electron chi connectivity index (χ1n) is 10.6. The molecule has 31 heavy (non-hydrogen) atoms. The number of halogens is 2. The van der Waals surface area contributed by atoms with Crippen LogP contribution < -0.4 is 44.9 Å². The van der Waals surface area contributed by atoms with Crippen LogP contribution in [-0.4, -0.2) is 28.8 Å². The molecule has 0 radical (unpaired) electrons. The molecule has 0 amide bonds. The second-order valence-electron chi connectivity index (χ2n) is 10.3. The van der Waals surface area contributed by atoms with E-state index < -0.39 is 16.6 Å². The van der Waals surface area contributed by atoms with E-state index in [0.717, 1.165) is 12.4 Å². The summed E-state index contributed by atoms with van der Waals surface area (Å²) in [6.45, 7) is 18.7. The summed E-state index contributed by atoms with van der Waals surface area (Å²) >= 11 is 2.35. The van der Waals surface area contributed by atoms with Crippen molar-refractivity contribution in [3.8, 4) is 16.9 Å². The smallest absolute Gasteiger partial charge is 1.00 e. The van der Waals surface area contributed by atoms with Gasteiger partial charge < -0.3 is 24.8 Å². The quantitative estimate of drug-likeness (QED) is 0.493. The predicted octanol–water partition coefficient (Wildman–Crippen LogP) is -1.23. The molecule has 0 saturated heterocycles. The molecule has 4 rings (SSSR count). The van der Waals surface area contributed by atoms with E-state index in [0.29, 0.717) is 4.22 Å². The average Bonchev–Trinajstić information content (AvgIpc) is 3.06. The van der Waals surface area contributed by atoms with Gasteiger partial charge in [-0.3, -0.25) is 0 Å². The molecular formula is C23H32Cl2NO2Si2Ti. The minimum Gasteiger partial charge on any atom is -1.00 e. The maximum absolute atomic E-state index is 6.86. The first kappa shape index (κ1) is 27.0. The molecule has 8 heteroatoms. The first-order chi connectivity index (χ1) is 13.4. The van der Waals surface area contributed by atoms with E-state index in [1.54, 1.807) is 0 Å². The summed E-state index contributed by atoms with van der Waals surface area (Å²) in [5.41, 5.74) is 6.68. The van der Waals surface area contributed by atoms with Crippen molar-refractivity contribution in [3.63, 3.8) is 0 Å². The normalized spacial score (nSPS) is 20.6. The van der Waals surface area contributed by atoms with Crippen LogP contribution >= 0.6 is 0 Å². The third-order valence-corrected chi connectivity index (χ3v) is 10.9. The molecule has 2 aromatic rings. The van der Waals surface area contributed by atoms with Gasteiger partial charge in [-0.1, -0.05) is 0 Å². The van der Waals surface area contributed by atoms with Gasteiger partial charge in [-0.2, -0.15) is 0 Å². The van der Waals surface area contributed by atoms with Gasteiger partial charge >= 0.3 is 190 Å². The zero-order chi connectivity index (χ0) is 21.4. The van der Waals surface area contributed by atoms with Gasteiger partial charge in [-0.25, -0.2) is 0 Å². The summed E-state index contributed by atoms with van der Waals surface area (Å²) in [5, 5.41) is 6.77. The second kappa shape index (κ2) is 8.82. The second-order valence-corrected chi connectivity index (χ2v) is 19.0. The SMILES string of the molecule is CCO[Si]1(C)c2c(NC(C)(C)C)c(O[Si](C)(C)C)c3c(c21)[CH]([Ti+2])c1ccccc1-3.[Cl-].[Cl-]. The van der Waals surface area contributed by atoms with Crippen molar-refractivity contribution in [2.45, 2.75) is 63.6 Å². The molecule has 2 aromatic carbocycles. The Bertz CT molecular complexity index is 1000. The predicted molar refractivity (Wildman–Crippen MR) is 124 cm³/mol. The molecule has 3 nitrogen and oxygen atoms in total. The molecular weight excluding hydrogens is 497 g/mol. The molecule has 1 heterocycles. The molecule has 0 aromatic heterocycles. The van der Waals surface area contributed by atoms with E-state index in [-0.39, 0.29) is 30.4 Å². The van der Waals surface area contributed by atoms with Crippen LogP contribution in [-0.2, 0) is 24.9 Å². The summed E-state index contributed by atoms with van der Waals surface area (Å²) < 4.78 is 13.7. The molecule has 0 bridgehead atoms. The Kier molecular flexibility index (Phi) is 7.68. The summed E-state index contributed by atoms with van der Waals surface area (Å²) in [7, 11) is -3.88. The van der Waals surface area contributed by atoms with Gasteiger partial charge in [0.25, 0.3) is 0 Å². The van der Waals surface area contributed by atoms with Gasteiger partial charge in [-0.15, -0.1) is 0 Å². The van der Waals surface area contributed by atoms with E-state index in [1.807, 2.05) is 0 Å². The van der Waals surface area contributed by atoms with E-state index in [9.17, 15) is 0 Å². The molecule has 2 atom stereocenters. The number of hydrogen-bond donors (Lipinski definition) is 1. The minimum absolute atomic E-state index is 0. The van der Waals surface area contributed by atoms with E-state index in [2.05, 4.69) is 104 Å². The number of fused-ring (bicyclic) bond motifs is 5. The van der Waals surface area contributed by atoms with Crippen molar-refractivity contribution in [3.05, 3.63) is 35.4 Å². The van der Waals surface area contributed by atoms with Crippen molar-refractivity contribution < 1.29 is 54.1 Å². The van der Waals surface area contributed by atoms with Crippen molar-refractivity contribution in [2.75, 3.05) is 11.9 Å². The fraction of sp³-hybridized carbons (Fsp3) is 0.478. The molecule has 0 saturated carbocycles. The summed E-state index contributed by atoms with van der Waals surface area (Å²) in [4.78, 5) is 0. The van der Waals surface area contributed by atoms with Crippen LogP contribution in [0.25, 0.3) is 11.1 Å². The van der Waals surface area contributed by atoms with Crippen molar-refractivity contribution in [1.29, 1.82) is 0 Å². The Hall–Kier alpha value is -0.272. The summed E-state index contributed by atoms with van der Waals surface area (Å²) in [6.07, 6.45) is 0. The average molecular weight is 529 g/mol.